The number of halogens is 2. The third kappa shape index (κ3) is 6.51. The maximum absolute atomic E-state index is 15.2. The number of nitrogens with zero attached hydrogens (tertiary/aromatic N) is 10. The molecule has 4 fully saturated rings. The number of amides is 1. The number of imidazole rings is 1. The molecule has 4 saturated heterocycles. The Balaban J connectivity index is 1.18. The minimum atomic E-state index is -0.895. The number of ether oxygens (including phenoxy) is 2. The summed E-state index contributed by atoms with van der Waals surface area (Å²) in [5, 5.41) is 11.2. The minimum absolute atomic E-state index is 0.0316. The average molecular weight is 747 g/mol. The number of piperazine rings is 1. The molecular formula is C37H44F2N10O3S. The molecule has 16 heteroatoms. The molecule has 4 aliphatic heterocycles. The van der Waals surface area contributed by atoms with E-state index < -0.39 is 23.1 Å². The molecule has 1 amide bonds. The standard InChI is InChI=1S/C37H44F2N10O3S/c1-36(2,3)52-35(50)46-17-24-8-9-25(18-46)49(24)34-43-31-29(32(44-34)51-19-37-11-6-12-48(37)16-23(38)13-37)41-21-47(31)15-22-7-10-27(39)30-28(22)26(14-40)33(53-30)42-20-45(4)5/h7,10,20-21,23-25H,6,8-9,11-13,15-19H2,1-5H3/b42-20+/t23-,24-,25+,37+/m1/s1. The van der Waals surface area contributed by atoms with E-state index in [9.17, 15) is 14.4 Å². The Hall–Kier alpha value is -4.62. The maximum atomic E-state index is 15.2. The lowest BCUT2D eigenvalue weighted by Crippen LogP contribution is -2.56. The number of fused-ring (bicyclic) bond motifs is 5. The number of alkyl halides is 1. The summed E-state index contributed by atoms with van der Waals surface area (Å²) in [5.41, 5.74) is 1.02. The van der Waals surface area contributed by atoms with E-state index in [1.807, 2.05) is 39.4 Å². The van der Waals surface area contributed by atoms with Gasteiger partial charge in [0.25, 0.3) is 0 Å². The molecule has 0 saturated carbocycles. The van der Waals surface area contributed by atoms with Gasteiger partial charge in [-0.3, -0.25) is 4.90 Å². The molecule has 0 aliphatic carbocycles. The van der Waals surface area contributed by atoms with Crippen LogP contribution in [0.25, 0.3) is 21.3 Å². The third-order valence-corrected chi connectivity index (χ3v) is 11.8. The van der Waals surface area contributed by atoms with Crippen LogP contribution >= 0.6 is 11.3 Å². The number of hydrogen-bond donors (Lipinski definition) is 0. The van der Waals surface area contributed by atoms with E-state index in [1.165, 1.54) is 6.07 Å². The number of carbonyl (C=O) groups is 1. The van der Waals surface area contributed by atoms with Crippen molar-refractivity contribution in [2.45, 2.75) is 88.8 Å². The maximum Gasteiger partial charge on any atom is 0.410 e. The van der Waals surface area contributed by atoms with Gasteiger partial charge in [-0.05, 0) is 64.6 Å². The largest absolute Gasteiger partial charge is 0.474 e. The Bertz CT molecular complexity index is 2130. The average Bonchev–Trinajstić information content (AvgIpc) is 3.90. The summed E-state index contributed by atoms with van der Waals surface area (Å²) in [4.78, 5) is 40.3. The predicted molar refractivity (Wildman–Crippen MR) is 198 cm³/mol. The summed E-state index contributed by atoms with van der Waals surface area (Å²) in [6, 6.07) is 5.30. The predicted octanol–water partition coefficient (Wildman–Crippen LogP) is 5.86. The van der Waals surface area contributed by atoms with Crippen LogP contribution in [-0.4, -0.2) is 123 Å². The van der Waals surface area contributed by atoms with Gasteiger partial charge in [0.05, 0.1) is 47.1 Å². The van der Waals surface area contributed by atoms with Crippen LogP contribution in [0.1, 0.15) is 64.0 Å². The van der Waals surface area contributed by atoms with Crippen LogP contribution < -0.4 is 9.64 Å². The minimum Gasteiger partial charge on any atom is -0.474 e. The summed E-state index contributed by atoms with van der Waals surface area (Å²) < 4.78 is 44.4. The second kappa shape index (κ2) is 13.3. The van der Waals surface area contributed by atoms with Crippen molar-refractivity contribution in [3.63, 3.8) is 0 Å². The molecule has 0 radical (unpaired) electrons. The number of benzene rings is 1. The zero-order valence-electron chi connectivity index (χ0n) is 30.7. The van der Waals surface area contributed by atoms with Gasteiger partial charge in [0.1, 0.15) is 35.3 Å². The molecular weight excluding hydrogens is 703 g/mol. The van der Waals surface area contributed by atoms with Crippen LogP contribution in [0.4, 0.5) is 24.5 Å². The highest BCUT2D eigenvalue weighted by Crippen LogP contribution is 2.43. The first kappa shape index (κ1) is 35.4. The molecule has 0 unspecified atom stereocenters. The highest BCUT2D eigenvalue weighted by Gasteiger charge is 2.50. The van der Waals surface area contributed by atoms with Gasteiger partial charge in [0, 0.05) is 45.5 Å². The lowest BCUT2D eigenvalue weighted by Gasteiger charge is -2.41. The monoisotopic (exact) mass is 746 g/mol. The fraction of sp³-hybridized carbons (Fsp3) is 0.568. The van der Waals surface area contributed by atoms with Crippen molar-refractivity contribution < 1.29 is 23.0 Å². The number of rotatable bonds is 8. The van der Waals surface area contributed by atoms with Crippen molar-refractivity contribution in [3.05, 3.63) is 35.4 Å². The van der Waals surface area contributed by atoms with Gasteiger partial charge < -0.3 is 28.7 Å². The summed E-state index contributed by atoms with van der Waals surface area (Å²) in [6.45, 7) is 8.31. The van der Waals surface area contributed by atoms with Gasteiger partial charge in [0.2, 0.25) is 11.8 Å². The molecule has 4 aromatic rings. The number of anilines is 1. The normalized spacial score (nSPS) is 24.5. The van der Waals surface area contributed by atoms with E-state index in [0.29, 0.717) is 75.3 Å². The zero-order valence-corrected chi connectivity index (χ0v) is 31.5. The summed E-state index contributed by atoms with van der Waals surface area (Å²) in [6.07, 6.45) is 6.01. The van der Waals surface area contributed by atoms with Crippen molar-refractivity contribution in [1.82, 2.24) is 34.2 Å². The van der Waals surface area contributed by atoms with Gasteiger partial charge in [-0.25, -0.2) is 23.6 Å². The van der Waals surface area contributed by atoms with E-state index in [2.05, 4.69) is 20.9 Å². The van der Waals surface area contributed by atoms with Crippen LogP contribution in [-0.2, 0) is 11.3 Å². The molecule has 1 aromatic carbocycles. The molecule has 13 nitrogen and oxygen atoms in total. The Morgan fingerprint density at radius 1 is 1.21 bits per heavy atom. The van der Waals surface area contributed by atoms with Crippen LogP contribution in [0.2, 0.25) is 0 Å². The van der Waals surface area contributed by atoms with Gasteiger partial charge in [-0.15, -0.1) is 11.3 Å². The number of hydrogen-bond acceptors (Lipinski definition) is 11. The number of likely N-dealkylation sites (tertiary alicyclic amines) is 1. The van der Waals surface area contributed by atoms with Gasteiger partial charge >= 0.3 is 6.09 Å². The molecule has 7 heterocycles. The smallest absolute Gasteiger partial charge is 0.410 e. The molecule has 0 N–H and O–H groups in total. The van der Waals surface area contributed by atoms with Crippen LogP contribution in [0.3, 0.4) is 0 Å². The van der Waals surface area contributed by atoms with E-state index in [-0.39, 0.29) is 31.3 Å². The van der Waals surface area contributed by atoms with E-state index in [4.69, 9.17) is 24.4 Å². The van der Waals surface area contributed by atoms with E-state index in [1.54, 1.807) is 28.5 Å². The number of nitriles is 1. The lowest BCUT2D eigenvalue weighted by atomic mass is 9.95. The van der Waals surface area contributed by atoms with Gasteiger partial charge in [-0.2, -0.15) is 15.2 Å². The van der Waals surface area contributed by atoms with Crippen LogP contribution in [0.5, 0.6) is 5.88 Å². The number of aliphatic imine (C=N–C) groups is 1. The molecule has 4 atom stereocenters. The van der Waals surface area contributed by atoms with Crippen molar-refractivity contribution in [2.24, 2.45) is 4.99 Å². The topological polar surface area (TPSA) is 128 Å². The summed E-state index contributed by atoms with van der Waals surface area (Å²) in [7, 11) is 3.66. The Kier molecular flexibility index (Phi) is 8.92. The molecule has 53 heavy (non-hydrogen) atoms. The number of carbonyl (C=O) groups excluding carboxylic acids is 1. The lowest BCUT2D eigenvalue weighted by molar-refractivity contribution is 0.0208. The van der Waals surface area contributed by atoms with Gasteiger partial charge in [-0.1, -0.05) is 6.07 Å². The Morgan fingerprint density at radius 2 is 1.98 bits per heavy atom. The molecule has 0 spiro atoms. The van der Waals surface area contributed by atoms with Crippen molar-refractivity contribution >= 4 is 56.0 Å². The van der Waals surface area contributed by atoms with E-state index in [0.717, 1.165) is 43.6 Å². The van der Waals surface area contributed by atoms with Crippen molar-refractivity contribution in [1.29, 1.82) is 5.26 Å². The molecule has 3 aromatic heterocycles. The SMILES string of the molecule is CN(C)/C=N/c1sc2c(F)ccc(Cn3cnc4c(OC[C@@]56CCCN5C[C@H](F)C6)nc(N5[C@@H]6CC[C@H]5CN(C(=O)OC(C)(C)C)C6)nc43)c2c1C#N. The van der Waals surface area contributed by atoms with Crippen LogP contribution in [0.15, 0.2) is 23.5 Å². The third-order valence-electron chi connectivity index (χ3n) is 10.7. The number of aromatic nitrogens is 4. The van der Waals surface area contributed by atoms with E-state index >= 15 is 4.39 Å². The Morgan fingerprint density at radius 3 is 2.70 bits per heavy atom. The highest BCUT2D eigenvalue weighted by molar-refractivity contribution is 7.23. The van der Waals surface area contributed by atoms with Gasteiger partial charge in [0.15, 0.2) is 11.2 Å². The quantitative estimate of drug-likeness (QED) is 0.160. The first-order chi connectivity index (χ1) is 25.3. The summed E-state index contributed by atoms with van der Waals surface area (Å²) in [5.74, 6) is 0.370. The second-order valence-electron chi connectivity index (χ2n) is 15.9. The second-order valence-corrected chi connectivity index (χ2v) is 16.9. The Labute approximate surface area is 310 Å². The zero-order chi connectivity index (χ0) is 37.2. The molecule has 8 rings (SSSR count). The molecule has 4 aliphatic rings. The molecule has 2 bridgehead atoms. The fourth-order valence-corrected chi connectivity index (χ4v) is 9.54. The van der Waals surface area contributed by atoms with Crippen molar-refractivity contribution in [3.8, 4) is 11.9 Å². The highest BCUT2D eigenvalue weighted by atomic mass is 32.1. The van der Waals surface area contributed by atoms with Crippen molar-refractivity contribution in [2.75, 3.05) is 51.8 Å². The first-order valence-corrected chi connectivity index (χ1v) is 19.0. The molecule has 280 valence electrons. The fourth-order valence-electron chi connectivity index (χ4n) is 8.50. The first-order valence-electron chi connectivity index (χ1n) is 18.2. The van der Waals surface area contributed by atoms with Crippen LogP contribution in [0, 0.1) is 17.1 Å². The summed E-state index contributed by atoms with van der Waals surface area (Å²) >= 11 is 1.14. The number of thiophene rings is 1.